The van der Waals surface area contributed by atoms with Gasteiger partial charge in [0.05, 0.1) is 0 Å². The highest BCUT2D eigenvalue weighted by atomic mass is 35.5. The molecular formula is C16H15ClN2O2. The molecule has 0 saturated heterocycles. The van der Waals surface area contributed by atoms with Gasteiger partial charge in [-0.25, -0.2) is 0 Å². The molecule has 0 aliphatic rings. The maximum atomic E-state index is 11.9. The van der Waals surface area contributed by atoms with E-state index in [4.69, 9.17) is 11.6 Å². The number of hydrogen-bond donors (Lipinski definition) is 2. The van der Waals surface area contributed by atoms with Crippen molar-refractivity contribution in [3.63, 3.8) is 0 Å². The second-order valence-electron chi connectivity index (χ2n) is 4.73. The normalized spacial score (nSPS) is 10.0. The third-order valence-corrected chi connectivity index (χ3v) is 3.19. The number of nitrogens with one attached hydrogen (secondary N) is 2. The molecule has 0 unspecified atom stereocenters. The third kappa shape index (κ3) is 4.07. The Morgan fingerprint density at radius 1 is 0.905 bits per heavy atom. The molecule has 0 bridgehead atoms. The lowest BCUT2D eigenvalue weighted by Crippen LogP contribution is -2.29. The van der Waals surface area contributed by atoms with Crippen LogP contribution in [0.15, 0.2) is 42.5 Å². The minimum absolute atomic E-state index is 0.559. The number of benzene rings is 2. The summed E-state index contributed by atoms with van der Waals surface area (Å²) in [5.41, 5.74) is 3.00. The Kier molecular flexibility index (Phi) is 4.60. The Morgan fingerprint density at radius 3 is 2.14 bits per heavy atom. The van der Waals surface area contributed by atoms with E-state index in [0.717, 1.165) is 11.1 Å². The van der Waals surface area contributed by atoms with E-state index in [2.05, 4.69) is 10.6 Å². The molecule has 2 N–H and O–H groups in total. The first-order valence-corrected chi connectivity index (χ1v) is 6.78. The van der Waals surface area contributed by atoms with E-state index in [1.807, 2.05) is 19.1 Å². The summed E-state index contributed by atoms with van der Waals surface area (Å²) in [7, 11) is 0. The standard InChI is InChI=1S/C16H15ClN2O2/c1-10-3-6-13(7-4-10)18-15(20)16(21)19-14-8-5-12(17)9-11(14)2/h3-9H,1-2H3,(H,18,20)(H,19,21). The molecule has 2 rings (SSSR count). The fourth-order valence-corrected chi connectivity index (χ4v) is 2.00. The van der Waals surface area contributed by atoms with E-state index < -0.39 is 11.8 Å². The summed E-state index contributed by atoms with van der Waals surface area (Å²) in [6.07, 6.45) is 0. The second kappa shape index (κ2) is 6.41. The van der Waals surface area contributed by atoms with E-state index in [9.17, 15) is 9.59 Å². The first-order valence-electron chi connectivity index (χ1n) is 6.41. The van der Waals surface area contributed by atoms with E-state index >= 15 is 0 Å². The van der Waals surface area contributed by atoms with Crippen molar-refractivity contribution in [3.05, 3.63) is 58.6 Å². The molecule has 0 aliphatic carbocycles. The van der Waals surface area contributed by atoms with Crippen molar-refractivity contribution in [1.82, 2.24) is 0 Å². The zero-order valence-corrected chi connectivity index (χ0v) is 12.5. The second-order valence-corrected chi connectivity index (χ2v) is 5.17. The van der Waals surface area contributed by atoms with Crippen molar-refractivity contribution in [1.29, 1.82) is 0 Å². The maximum absolute atomic E-state index is 11.9. The first-order chi connectivity index (χ1) is 9.95. The highest BCUT2D eigenvalue weighted by molar-refractivity contribution is 6.43. The minimum atomic E-state index is -0.721. The first kappa shape index (κ1) is 15.1. The molecule has 2 aromatic carbocycles. The predicted octanol–water partition coefficient (Wildman–Crippen LogP) is 3.53. The molecular weight excluding hydrogens is 288 g/mol. The quantitative estimate of drug-likeness (QED) is 0.834. The molecule has 5 heteroatoms. The van der Waals surface area contributed by atoms with Gasteiger partial charge in [0.15, 0.2) is 0 Å². The number of rotatable bonds is 2. The van der Waals surface area contributed by atoms with Crippen LogP contribution >= 0.6 is 11.6 Å². The Morgan fingerprint density at radius 2 is 1.52 bits per heavy atom. The molecule has 0 atom stereocenters. The molecule has 2 aromatic rings. The van der Waals surface area contributed by atoms with Crippen molar-refractivity contribution in [2.24, 2.45) is 0 Å². The molecule has 0 radical (unpaired) electrons. The van der Waals surface area contributed by atoms with Crippen molar-refractivity contribution in [2.75, 3.05) is 10.6 Å². The van der Waals surface area contributed by atoms with Crippen LogP contribution in [0, 0.1) is 13.8 Å². The van der Waals surface area contributed by atoms with Gasteiger partial charge < -0.3 is 10.6 Å². The third-order valence-electron chi connectivity index (χ3n) is 2.95. The van der Waals surface area contributed by atoms with Gasteiger partial charge in [-0.05, 0) is 49.7 Å². The van der Waals surface area contributed by atoms with E-state index in [1.54, 1.807) is 37.3 Å². The average molecular weight is 303 g/mol. The molecule has 0 heterocycles. The van der Waals surface area contributed by atoms with E-state index in [0.29, 0.717) is 16.4 Å². The lowest BCUT2D eigenvalue weighted by molar-refractivity contribution is -0.133. The van der Waals surface area contributed by atoms with Crippen LogP contribution in [0.1, 0.15) is 11.1 Å². The van der Waals surface area contributed by atoms with E-state index in [-0.39, 0.29) is 0 Å². The van der Waals surface area contributed by atoms with Gasteiger partial charge in [0.2, 0.25) is 0 Å². The number of halogens is 1. The van der Waals surface area contributed by atoms with Crippen LogP contribution in [0.3, 0.4) is 0 Å². The smallest absolute Gasteiger partial charge is 0.314 e. The zero-order chi connectivity index (χ0) is 15.4. The number of anilines is 2. The van der Waals surface area contributed by atoms with Gasteiger partial charge in [0.1, 0.15) is 0 Å². The number of aryl methyl sites for hydroxylation is 2. The predicted molar refractivity (Wildman–Crippen MR) is 84.6 cm³/mol. The van der Waals surface area contributed by atoms with E-state index in [1.165, 1.54) is 0 Å². The number of hydrogen-bond acceptors (Lipinski definition) is 2. The molecule has 2 amide bonds. The van der Waals surface area contributed by atoms with Crippen LogP contribution in [0.25, 0.3) is 0 Å². The summed E-state index contributed by atoms with van der Waals surface area (Å²) >= 11 is 5.84. The fourth-order valence-electron chi connectivity index (χ4n) is 1.77. The fraction of sp³-hybridized carbons (Fsp3) is 0.125. The van der Waals surface area contributed by atoms with Crippen molar-refractivity contribution in [2.45, 2.75) is 13.8 Å². The number of amides is 2. The minimum Gasteiger partial charge on any atom is -0.318 e. The summed E-state index contributed by atoms with van der Waals surface area (Å²) < 4.78 is 0. The maximum Gasteiger partial charge on any atom is 0.314 e. The van der Waals surface area contributed by atoms with Gasteiger partial charge >= 0.3 is 11.8 Å². The van der Waals surface area contributed by atoms with Crippen LogP contribution in [-0.2, 0) is 9.59 Å². The van der Waals surface area contributed by atoms with Gasteiger partial charge in [0, 0.05) is 16.4 Å². The molecule has 108 valence electrons. The average Bonchev–Trinajstić information content (AvgIpc) is 2.44. The monoisotopic (exact) mass is 302 g/mol. The van der Waals surface area contributed by atoms with Crippen molar-refractivity contribution in [3.8, 4) is 0 Å². The highest BCUT2D eigenvalue weighted by Crippen LogP contribution is 2.19. The molecule has 4 nitrogen and oxygen atoms in total. The van der Waals surface area contributed by atoms with Crippen molar-refractivity contribution >= 4 is 34.8 Å². The molecule has 21 heavy (non-hydrogen) atoms. The zero-order valence-electron chi connectivity index (χ0n) is 11.7. The van der Waals surface area contributed by atoms with Crippen LogP contribution in [-0.4, -0.2) is 11.8 Å². The summed E-state index contributed by atoms with van der Waals surface area (Å²) in [4.78, 5) is 23.7. The lowest BCUT2D eigenvalue weighted by atomic mass is 10.2. The Labute approximate surface area is 128 Å². The summed E-state index contributed by atoms with van der Waals surface area (Å²) in [6, 6.07) is 12.2. The Balaban J connectivity index is 2.02. The van der Waals surface area contributed by atoms with Gasteiger partial charge in [-0.3, -0.25) is 9.59 Å². The summed E-state index contributed by atoms with van der Waals surface area (Å²) in [5.74, 6) is -1.44. The van der Waals surface area contributed by atoms with Crippen LogP contribution in [0.4, 0.5) is 11.4 Å². The molecule has 0 aromatic heterocycles. The lowest BCUT2D eigenvalue weighted by Gasteiger charge is -2.09. The largest absolute Gasteiger partial charge is 0.318 e. The van der Waals surface area contributed by atoms with Gasteiger partial charge in [-0.2, -0.15) is 0 Å². The van der Waals surface area contributed by atoms with Crippen LogP contribution < -0.4 is 10.6 Å². The highest BCUT2D eigenvalue weighted by Gasteiger charge is 2.14. The summed E-state index contributed by atoms with van der Waals surface area (Å²) in [6.45, 7) is 3.75. The van der Waals surface area contributed by atoms with Gasteiger partial charge in [-0.15, -0.1) is 0 Å². The van der Waals surface area contributed by atoms with Gasteiger partial charge in [-0.1, -0.05) is 29.3 Å². The topological polar surface area (TPSA) is 58.2 Å². The Hall–Kier alpha value is -2.33. The molecule has 0 spiro atoms. The van der Waals surface area contributed by atoms with Crippen molar-refractivity contribution < 1.29 is 9.59 Å². The number of carbonyl (C=O) groups is 2. The summed E-state index contributed by atoms with van der Waals surface area (Å²) in [5, 5.41) is 5.68. The Bertz CT molecular complexity index is 681. The number of carbonyl (C=O) groups excluding carboxylic acids is 2. The molecule has 0 aliphatic heterocycles. The van der Waals surface area contributed by atoms with Crippen LogP contribution in [0.2, 0.25) is 5.02 Å². The van der Waals surface area contributed by atoms with Gasteiger partial charge in [0.25, 0.3) is 0 Å². The molecule has 0 saturated carbocycles. The van der Waals surface area contributed by atoms with Crippen LogP contribution in [0.5, 0.6) is 0 Å². The molecule has 0 fully saturated rings. The SMILES string of the molecule is Cc1ccc(NC(=O)C(=O)Nc2ccc(Cl)cc2C)cc1.